The van der Waals surface area contributed by atoms with Crippen LogP contribution in [-0.2, 0) is 6.54 Å². The lowest BCUT2D eigenvalue weighted by atomic mass is 9.73. The minimum Gasteiger partial charge on any atom is -0.465 e. The van der Waals surface area contributed by atoms with Crippen molar-refractivity contribution >= 4 is 6.09 Å². The normalized spacial score (nSPS) is 28.4. The van der Waals surface area contributed by atoms with Gasteiger partial charge in [-0.25, -0.2) is 9.18 Å². The summed E-state index contributed by atoms with van der Waals surface area (Å²) in [4.78, 5) is 12.7. The van der Waals surface area contributed by atoms with Gasteiger partial charge in [0.25, 0.3) is 0 Å². The molecule has 1 amide bonds. The van der Waals surface area contributed by atoms with Crippen LogP contribution in [0.2, 0.25) is 0 Å². The molecule has 1 aliphatic carbocycles. The second-order valence-corrected chi connectivity index (χ2v) is 6.17. The first-order valence-electron chi connectivity index (χ1n) is 7.59. The van der Waals surface area contributed by atoms with Crippen LogP contribution < -0.4 is 5.32 Å². The summed E-state index contributed by atoms with van der Waals surface area (Å²) < 4.78 is 12.9. The number of fused-ring (bicyclic) bond motifs is 2. The Morgan fingerprint density at radius 1 is 1.24 bits per heavy atom. The quantitative estimate of drug-likeness (QED) is 0.900. The number of likely N-dealkylation sites (tertiary alicyclic amines) is 1. The molecule has 1 aromatic rings. The molecule has 21 heavy (non-hydrogen) atoms. The molecule has 3 atom stereocenters. The zero-order valence-electron chi connectivity index (χ0n) is 12.0. The van der Waals surface area contributed by atoms with Gasteiger partial charge in [0.05, 0.1) is 0 Å². The Morgan fingerprint density at radius 2 is 1.86 bits per heavy atom. The van der Waals surface area contributed by atoms with Crippen molar-refractivity contribution in [2.75, 3.05) is 13.1 Å². The van der Waals surface area contributed by atoms with Crippen LogP contribution in [0.25, 0.3) is 0 Å². The molecule has 2 bridgehead atoms. The van der Waals surface area contributed by atoms with E-state index in [1.807, 2.05) is 0 Å². The molecule has 2 aliphatic rings. The highest BCUT2D eigenvalue weighted by molar-refractivity contribution is 5.65. The number of halogens is 1. The molecule has 3 rings (SSSR count). The summed E-state index contributed by atoms with van der Waals surface area (Å²) in [5, 5.41) is 12.8. The first-order valence-corrected chi connectivity index (χ1v) is 7.59. The molecule has 5 heteroatoms. The Balaban J connectivity index is 1.62. The highest BCUT2D eigenvalue weighted by Gasteiger charge is 2.40. The molecule has 1 aliphatic heterocycles. The maximum atomic E-state index is 12.9. The number of nitrogens with zero attached hydrogens (tertiary/aromatic N) is 1. The van der Waals surface area contributed by atoms with Crippen molar-refractivity contribution in [2.24, 2.45) is 11.8 Å². The molecule has 4 nitrogen and oxygen atoms in total. The predicted molar refractivity (Wildman–Crippen MR) is 77.5 cm³/mol. The molecule has 1 unspecified atom stereocenters. The van der Waals surface area contributed by atoms with E-state index >= 15 is 0 Å². The fourth-order valence-corrected chi connectivity index (χ4v) is 3.76. The van der Waals surface area contributed by atoms with E-state index in [9.17, 15) is 14.3 Å². The molecule has 0 radical (unpaired) electrons. The van der Waals surface area contributed by atoms with E-state index in [4.69, 9.17) is 0 Å². The van der Waals surface area contributed by atoms with Gasteiger partial charge in [-0.2, -0.15) is 0 Å². The first-order chi connectivity index (χ1) is 10.1. The molecular weight excluding hydrogens is 271 g/mol. The molecule has 1 heterocycles. The number of amides is 1. The topological polar surface area (TPSA) is 52.6 Å². The molecule has 1 saturated carbocycles. The molecule has 1 saturated heterocycles. The van der Waals surface area contributed by atoms with Gasteiger partial charge in [-0.15, -0.1) is 0 Å². The summed E-state index contributed by atoms with van der Waals surface area (Å²) in [6.07, 6.45) is 2.56. The zero-order chi connectivity index (χ0) is 14.8. The highest BCUT2D eigenvalue weighted by atomic mass is 19.1. The van der Waals surface area contributed by atoms with Gasteiger partial charge in [-0.05, 0) is 42.4 Å². The summed E-state index contributed by atoms with van der Waals surface area (Å²) in [6.45, 7) is 1.98. The third-order valence-corrected chi connectivity index (χ3v) is 4.80. The van der Waals surface area contributed by atoms with Crippen molar-refractivity contribution < 1.29 is 14.3 Å². The van der Waals surface area contributed by atoms with Crippen LogP contribution in [0.15, 0.2) is 24.3 Å². The van der Waals surface area contributed by atoms with Crippen LogP contribution in [0.3, 0.4) is 0 Å². The standard InChI is InChI=1S/C16H21FN2O2/c17-14-6-4-11(5-7-14)8-18-15-12-2-1-3-13(15)10-19(9-12)16(20)21/h4-7,12-13,15,18H,1-3,8-10H2,(H,20,21)/t12-,13+,15?. The minimum atomic E-state index is -0.802. The van der Waals surface area contributed by atoms with Crippen LogP contribution in [0.1, 0.15) is 24.8 Å². The van der Waals surface area contributed by atoms with Gasteiger partial charge in [0.1, 0.15) is 5.82 Å². The summed E-state index contributed by atoms with van der Waals surface area (Å²) in [5.41, 5.74) is 1.06. The van der Waals surface area contributed by atoms with Crippen LogP contribution >= 0.6 is 0 Å². The molecule has 2 N–H and O–H groups in total. The maximum Gasteiger partial charge on any atom is 0.407 e. The Labute approximate surface area is 124 Å². The van der Waals surface area contributed by atoms with Gasteiger partial charge < -0.3 is 15.3 Å². The SMILES string of the molecule is O=C(O)N1C[C@H]2CCC[C@@H](C1)C2NCc1ccc(F)cc1. The van der Waals surface area contributed by atoms with Crippen LogP contribution in [0.5, 0.6) is 0 Å². The Bertz CT molecular complexity index is 492. The van der Waals surface area contributed by atoms with Gasteiger partial charge in [0.15, 0.2) is 0 Å². The lowest BCUT2D eigenvalue weighted by Crippen LogP contribution is -2.57. The predicted octanol–water partition coefficient (Wildman–Crippen LogP) is 2.69. The molecule has 2 fully saturated rings. The number of rotatable bonds is 3. The Morgan fingerprint density at radius 3 is 2.43 bits per heavy atom. The van der Waals surface area contributed by atoms with Gasteiger partial charge in [0, 0.05) is 25.7 Å². The van der Waals surface area contributed by atoms with E-state index in [0.29, 0.717) is 37.5 Å². The minimum absolute atomic E-state index is 0.217. The number of carboxylic acid groups (broad SMARTS) is 1. The van der Waals surface area contributed by atoms with Crippen molar-refractivity contribution in [1.82, 2.24) is 10.2 Å². The second kappa shape index (κ2) is 6.02. The van der Waals surface area contributed by atoms with E-state index < -0.39 is 6.09 Å². The molecule has 0 spiro atoms. The zero-order valence-corrected chi connectivity index (χ0v) is 12.0. The summed E-state index contributed by atoms with van der Waals surface area (Å²) in [7, 11) is 0. The van der Waals surface area contributed by atoms with E-state index in [0.717, 1.165) is 18.4 Å². The fourth-order valence-electron chi connectivity index (χ4n) is 3.76. The Hall–Kier alpha value is -1.62. The van der Waals surface area contributed by atoms with E-state index in [1.54, 1.807) is 17.0 Å². The highest BCUT2D eigenvalue weighted by Crippen LogP contribution is 2.35. The molecular formula is C16H21FN2O2. The monoisotopic (exact) mass is 292 g/mol. The molecule has 114 valence electrons. The number of piperidine rings is 1. The molecule has 1 aromatic carbocycles. The average molecular weight is 292 g/mol. The molecule has 0 aromatic heterocycles. The van der Waals surface area contributed by atoms with Crippen molar-refractivity contribution in [3.05, 3.63) is 35.6 Å². The Kier molecular flexibility index (Phi) is 4.10. The maximum absolute atomic E-state index is 12.9. The first kappa shape index (κ1) is 14.3. The van der Waals surface area contributed by atoms with Crippen molar-refractivity contribution in [3.8, 4) is 0 Å². The van der Waals surface area contributed by atoms with Crippen molar-refractivity contribution in [3.63, 3.8) is 0 Å². The lowest BCUT2D eigenvalue weighted by Gasteiger charge is -2.46. The number of nitrogens with one attached hydrogen (secondary N) is 1. The fraction of sp³-hybridized carbons (Fsp3) is 0.562. The van der Waals surface area contributed by atoms with Crippen LogP contribution in [0, 0.1) is 17.7 Å². The summed E-state index contributed by atoms with van der Waals surface area (Å²) in [6, 6.07) is 6.92. The number of carbonyl (C=O) groups is 1. The van der Waals surface area contributed by atoms with Gasteiger partial charge in [-0.3, -0.25) is 0 Å². The summed E-state index contributed by atoms with van der Waals surface area (Å²) in [5.74, 6) is 0.577. The number of hydrogen-bond donors (Lipinski definition) is 2. The van der Waals surface area contributed by atoms with Crippen LogP contribution in [-0.4, -0.2) is 35.2 Å². The third-order valence-electron chi connectivity index (χ3n) is 4.80. The van der Waals surface area contributed by atoms with Crippen molar-refractivity contribution in [2.45, 2.75) is 31.8 Å². The van der Waals surface area contributed by atoms with Crippen LogP contribution in [0.4, 0.5) is 9.18 Å². The third kappa shape index (κ3) is 3.18. The van der Waals surface area contributed by atoms with E-state index in [1.165, 1.54) is 18.6 Å². The van der Waals surface area contributed by atoms with Gasteiger partial charge in [0.2, 0.25) is 0 Å². The van der Waals surface area contributed by atoms with Crippen molar-refractivity contribution in [1.29, 1.82) is 0 Å². The summed E-state index contributed by atoms with van der Waals surface area (Å²) >= 11 is 0. The average Bonchev–Trinajstić information content (AvgIpc) is 2.45. The van der Waals surface area contributed by atoms with Gasteiger partial charge >= 0.3 is 6.09 Å². The van der Waals surface area contributed by atoms with Gasteiger partial charge in [-0.1, -0.05) is 18.6 Å². The largest absolute Gasteiger partial charge is 0.465 e. The van der Waals surface area contributed by atoms with E-state index in [-0.39, 0.29) is 5.82 Å². The van der Waals surface area contributed by atoms with E-state index in [2.05, 4.69) is 5.32 Å². The second-order valence-electron chi connectivity index (χ2n) is 6.17. The lowest BCUT2D eigenvalue weighted by molar-refractivity contribution is 0.0463. The number of benzene rings is 1. The number of hydrogen-bond acceptors (Lipinski definition) is 2. The smallest absolute Gasteiger partial charge is 0.407 e.